The van der Waals surface area contributed by atoms with Crippen LogP contribution in [0.3, 0.4) is 0 Å². The van der Waals surface area contributed by atoms with Gasteiger partial charge in [0.05, 0.1) is 16.9 Å². The van der Waals surface area contributed by atoms with E-state index in [9.17, 15) is 0 Å². The summed E-state index contributed by atoms with van der Waals surface area (Å²) in [6.07, 6.45) is 1.86. The molecule has 0 fully saturated rings. The number of aromatic nitrogens is 2. The van der Waals surface area contributed by atoms with Crippen molar-refractivity contribution in [2.45, 2.75) is 0 Å². The molecule has 2 nitrogen and oxygen atoms in total. The van der Waals surface area contributed by atoms with Crippen LogP contribution in [0.25, 0.3) is 88.0 Å². The standard InChI is InChI=1S/C44H28N2/c1-3-13-29(14-4-1)43-35-19-9-10-20-36(35)44(30-15-5-2-6-16-30)39-27-31(24-25-37(39)43)40-22-11-23-41(46-40)38-28-42-34(21-12-26-45-42)32-17-7-8-18-33(32)38/h1-28H. The zero-order valence-corrected chi connectivity index (χ0v) is 25.1. The highest BCUT2D eigenvalue weighted by molar-refractivity contribution is 6.22. The molecule has 0 atom stereocenters. The van der Waals surface area contributed by atoms with Gasteiger partial charge in [-0.05, 0) is 84.9 Å². The molecule has 2 aromatic heterocycles. The van der Waals surface area contributed by atoms with Gasteiger partial charge in [0.2, 0.25) is 0 Å². The molecule has 2 heteroatoms. The lowest BCUT2D eigenvalue weighted by molar-refractivity contribution is 1.33. The first kappa shape index (κ1) is 26.3. The number of benzene rings is 7. The Morgan fingerprint density at radius 3 is 1.61 bits per heavy atom. The zero-order valence-electron chi connectivity index (χ0n) is 25.1. The largest absolute Gasteiger partial charge is 0.256 e. The Morgan fingerprint density at radius 2 is 0.891 bits per heavy atom. The number of rotatable bonds is 4. The van der Waals surface area contributed by atoms with Crippen LogP contribution in [0.1, 0.15) is 0 Å². The summed E-state index contributed by atoms with van der Waals surface area (Å²) in [7, 11) is 0. The highest BCUT2D eigenvalue weighted by Crippen LogP contribution is 2.44. The summed E-state index contributed by atoms with van der Waals surface area (Å²) in [6, 6.07) is 58.4. The van der Waals surface area contributed by atoms with Crippen molar-refractivity contribution in [1.29, 1.82) is 0 Å². The third kappa shape index (κ3) is 4.27. The minimum Gasteiger partial charge on any atom is -0.256 e. The predicted molar refractivity (Wildman–Crippen MR) is 194 cm³/mol. The highest BCUT2D eigenvalue weighted by atomic mass is 14.7. The molecule has 0 aliphatic carbocycles. The maximum atomic E-state index is 5.29. The minimum absolute atomic E-state index is 0.938. The lowest BCUT2D eigenvalue weighted by Crippen LogP contribution is -1.93. The van der Waals surface area contributed by atoms with Crippen molar-refractivity contribution < 1.29 is 0 Å². The van der Waals surface area contributed by atoms with E-state index in [1.807, 2.05) is 12.3 Å². The summed E-state index contributed by atoms with van der Waals surface area (Å²) >= 11 is 0. The Bertz CT molecular complexity index is 2570. The number of hydrogen-bond donors (Lipinski definition) is 0. The van der Waals surface area contributed by atoms with Crippen LogP contribution in [0, 0.1) is 0 Å². The second kappa shape index (κ2) is 10.8. The fraction of sp³-hybridized carbons (Fsp3) is 0. The molecular weight excluding hydrogens is 556 g/mol. The van der Waals surface area contributed by atoms with E-state index < -0.39 is 0 Å². The van der Waals surface area contributed by atoms with E-state index in [1.54, 1.807) is 0 Å². The van der Waals surface area contributed by atoms with E-state index in [1.165, 1.54) is 54.6 Å². The summed E-state index contributed by atoms with van der Waals surface area (Å²) in [5, 5.41) is 8.47. The van der Waals surface area contributed by atoms with Crippen LogP contribution in [-0.4, -0.2) is 9.97 Å². The third-order valence-corrected chi connectivity index (χ3v) is 9.10. The van der Waals surface area contributed by atoms with Gasteiger partial charge in [0.1, 0.15) is 0 Å². The van der Waals surface area contributed by atoms with Crippen molar-refractivity contribution in [2.75, 3.05) is 0 Å². The molecule has 0 aliphatic rings. The van der Waals surface area contributed by atoms with E-state index in [4.69, 9.17) is 9.97 Å². The van der Waals surface area contributed by atoms with Crippen LogP contribution in [0.5, 0.6) is 0 Å². The molecule has 9 aromatic rings. The summed E-state index contributed by atoms with van der Waals surface area (Å²) < 4.78 is 0. The fourth-order valence-corrected chi connectivity index (χ4v) is 7.05. The van der Waals surface area contributed by atoms with E-state index in [-0.39, 0.29) is 0 Å². The first-order chi connectivity index (χ1) is 22.8. The molecule has 46 heavy (non-hydrogen) atoms. The molecule has 9 rings (SSSR count). The van der Waals surface area contributed by atoms with E-state index in [2.05, 4.69) is 158 Å². The molecule has 0 saturated carbocycles. The Morgan fingerprint density at radius 1 is 0.326 bits per heavy atom. The molecule has 0 unspecified atom stereocenters. The summed E-state index contributed by atoms with van der Waals surface area (Å²) in [5.74, 6) is 0. The predicted octanol–water partition coefficient (Wildman–Crippen LogP) is 11.8. The number of pyridine rings is 2. The maximum Gasteiger partial charge on any atom is 0.0716 e. The van der Waals surface area contributed by atoms with Gasteiger partial charge >= 0.3 is 0 Å². The van der Waals surface area contributed by atoms with Gasteiger partial charge in [0.25, 0.3) is 0 Å². The Kier molecular flexibility index (Phi) is 6.17. The van der Waals surface area contributed by atoms with Crippen molar-refractivity contribution in [3.63, 3.8) is 0 Å². The van der Waals surface area contributed by atoms with Crippen molar-refractivity contribution in [1.82, 2.24) is 9.97 Å². The minimum atomic E-state index is 0.938. The van der Waals surface area contributed by atoms with Gasteiger partial charge in [-0.3, -0.25) is 4.98 Å². The van der Waals surface area contributed by atoms with Gasteiger partial charge in [-0.15, -0.1) is 0 Å². The maximum absolute atomic E-state index is 5.29. The second-order valence-electron chi connectivity index (χ2n) is 11.7. The Balaban J connectivity index is 1.30. The normalized spacial score (nSPS) is 11.5. The smallest absolute Gasteiger partial charge is 0.0716 e. The van der Waals surface area contributed by atoms with E-state index in [0.717, 1.165) is 33.4 Å². The third-order valence-electron chi connectivity index (χ3n) is 9.10. The molecule has 7 aromatic carbocycles. The molecule has 2 heterocycles. The SMILES string of the molecule is c1ccc(-c2c3ccccc3c(-c3ccccc3)c3cc(-c4cccc(-c5cc6ncccc6c6ccccc56)n4)ccc23)cc1. The van der Waals surface area contributed by atoms with Crippen molar-refractivity contribution in [3.8, 4) is 44.8 Å². The van der Waals surface area contributed by atoms with Crippen LogP contribution in [0.15, 0.2) is 170 Å². The lowest BCUT2D eigenvalue weighted by atomic mass is 9.85. The van der Waals surface area contributed by atoms with Crippen LogP contribution in [-0.2, 0) is 0 Å². The first-order valence-corrected chi connectivity index (χ1v) is 15.7. The topological polar surface area (TPSA) is 25.8 Å². The van der Waals surface area contributed by atoms with Crippen LogP contribution in [0.4, 0.5) is 0 Å². The number of fused-ring (bicyclic) bond motifs is 5. The van der Waals surface area contributed by atoms with Crippen molar-refractivity contribution in [3.05, 3.63) is 170 Å². The van der Waals surface area contributed by atoms with Crippen LogP contribution < -0.4 is 0 Å². The molecule has 0 bridgehead atoms. The van der Waals surface area contributed by atoms with Gasteiger partial charge in [-0.25, -0.2) is 4.98 Å². The van der Waals surface area contributed by atoms with Crippen LogP contribution in [0.2, 0.25) is 0 Å². The highest BCUT2D eigenvalue weighted by Gasteiger charge is 2.18. The number of hydrogen-bond acceptors (Lipinski definition) is 2. The molecule has 0 radical (unpaired) electrons. The van der Waals surface area contributed by atoms with Gasteiger partial charge in [-0.1, -0.05) is 133 Å². The number of nitrogens with zero attached hydrogens (tertiary/aromatic N) is 2. The Hall–Kier alpha value is -6.12. The molecule has 214 valence electrons. The van der Waals surface area contributed by atoms with E-state index >= 15 is 0 Å². The van der Waals surface area contributed by atoms with Crippen LogP contribution >= 0.6 is 0 Å². The summed E-state index contributed by atoms with van der Waals surface area (Å²) in [4.78, 5) is 10.00. The van der Waals surface area contributed by atoms with Gasteiger partial charge in [0, 0.05) is 22.7 Å². The quantitative estimate of drug-likeness (QED) is 0.152. The monoisotopic (exact) mass is 584 g/mol. The molecule has 0 aliphatic heterocycles. The lowest BCUT2D eigenvalue weighted by Gasteiger charge is -2.18. The molecular formula is C44H28N2. The molecule has 0 amide bonds. The van der Waals surface area contributed by atoms with Gasteiger partial charge < -0.3 is 0 Å². The summed E-state index contributed by atoms with van der Waals surface area (Å²) in [5.41, 5.74) is 9.96. The van der Waals surface area contributed by atoms with Gasteiger partial charge in [0.15, 0.2) is 0 Å². The summed E-state index contributed by atoms with van der Waals surface area (Å²) in [6.45, 7) is 0. The van der Waals surface area contributed by atoms with Crippen molar-refractivity contribution in [2.24, 2.45) is 0 Å². The molecule has 0 N–H and O–H groups in total. The molecule has 0 saturated heterocycles. The zero-order chi connectivity index (χ0) is 30.5. The van der Waals surface area contributed by atoms with Gasteiger partial charge in [-0.2, -0.15) is 0 Å². The average Bonchev–Trinajstić information content (AvgIpc) is 3.14. The molecule has 0 spiro atoms. The first-order valence-electron chi connectivity index (χ1n) is 15.7. The van der Waals surface area contributed by atoms with E-state index in [0.29, 0.717) is 0 Å². The van der Waals surface area contributed by atoms with Crippen molar-refractivity contribution >= 4 is 43.2 Å². The Labute approximate surface area is 267 Å². The average molecular weight is 585 g/mol. The second-order valence-corrected chi connectivity index (χ2v) is 11.7. The fourth-order valence-electron chi connectivity index (χ4n) is 7.05.